The van der Waals surface area contributed by atoms with E-state index in [9.17, 15) is 19.5 Å². The first-order valence-corrected chi connectivity index (χ1v) is 12.5. The van der Waals surface area contributed by atoms with Gasteiger partial charge in [0.15, 0.2) is 0 Å². The van der Waals surface area contributed by atoms with E-state index in [1.807, 2.05) is 0 Å². The van der Waals surface area contributed by atoms with Crippen molar-refractivity contribution in [3.63, 3.8) is 0 Å². The molecule has 0 aliphatic heterocycles. The zero-order chi connectivity index (χ0) is 24.9. The molecule has 2 unspecified atom stereocenters. The SMILES string of the molecule is CC(NC(=O)OC(C)(C)C)C(=O)N(C1CCC1)C(C(=O)NC1CCCCC1)c1ccc(O)cc1. The molecule has 2 fully saturated rings. The molecule has 3 amide bonds. The number of alkyl carbamates (subject to hydrolysis) is 1. The lowest BCUT2D eigenvalue weighted by Crippen LogP contribution is -2.57. The Balaban J connectivity index is 1.86. The Kier molecular flexibility index (Phi) is 8.44. The minimum Gasteiger partial charge on any atom is -0.508 e. The Morgan fingerprint density at radius 1 is 1.00 bits per heavy atom. The second kappa shape index (κ2) is 11.1. The number of hydrogen-bond donors (Lipinski definition) is 3. The van der Waals surface area contributed by atoms with E-state index >= 15 is 0 Å². The largest absolute Gasteiger partial charge is 0.508 e. The number of carbonyl (C=O) groups is 3. The normalized spacial score (nSPS) is 18.8. The number of hydrogen-bond acceptors (Lipinski definition) is 5. The highest BCUT2D eigenvalue weighted by molar-refractivity contribution is 5.92. The van der Waals surface area contributed by atoms with Crippen molar-refractivity contribution in [2.75, 3.05) is 0 Å². The van der Waals surface area contributed by atoms with E-state index in [0.29, 0.717) is 5.56 Å². The van der Waals surface area contributed by atoms with Gasteiger partial charge < -0.3 is 25.4 Å². The summed E-state index contributed by atoms with van der Waals surface area (Å²) >= 11 is 0. The minimum absolute atomic E-state index is 0.0914. The first kappa shape index (κ1) is 25.8. The number of benzene rings is 1. The Morgan fingerprint density at radius 2 is 1.62 bits per heavy atom. The summed E-state index contributed by atoms with van der Waals surface area (Å²) < 4.78 is 5.32. The molecule has 8 heteroatoms. The van der Waals surface area contributed by atoms with Gasteiger partial charge in [-0.25, -0.2) is 4.79 Å². The van der Waals surface area contributed by atoms with Crippen molar-refractivity contribution in [3.05, 3.63) is 29.8 Å². The van der Waals surface area contributed by atoms with Gasteiger partial charge in [0.25, 0.3) is 0 Å². The zero-order valence-electron chi connectivity index (χ0n) is 20.8. The molecule has 8 nitrogen and oxygen atoms in total. The van der Waals surface area contributed by atoms with Crippen molar-refractivity contribution in [1.29, 1.82) is 0 Å². The van der Waals surface area contributed by atoms with Crippen LogP contribution in [0.1, 0.15) is 90.7 Å². The van der Waals surface area contributed by atoms with Crippen LogP contribution in [-0.2, 0) is 14.3 Å². The molecule has 188 valence electrons. The summed E-state index contributed by atoms with van der Waals surface area (Å²) in [6, 6.07) is 4.73. The lowest BCUT2D eigenvalue weighted by molar-refractivity contribution is -0.147. The quantitative estimate of drug-likeness (QED) is 0.551. The van der Waals surface area contributed by atoms with Crippen LogP contribution >= 0.6 is 0 Å². The molecule has 2 atom stereocenters. The third kappa shape index (κ3) is 6.87. The molecule has 34 heavy (non-hydrogen) atoms. The maximum atomic E-state index is 13.7. The third-order valence-electron chi connectivity index (χ3n) is 6.51. The van der Waals surface area contributed by atoms with Crippen molar-refractivity contribution in [2.24, 2.45) is 0 Å². The summed E-state index contributed by atoms with van der Waals surface area (Å²) in [6.07, 6.45) is 7.11. The number of rotatable bonds is 7. The summed E-state index contributed by atoms with van der Waals surface area (Å²) in [7, 11) is 0. The number of nitrogens with one attached hydrogen (secondary N) is 2. The van der Waals surface area contributed by atoms with Crippen LogP contribution in [0.5, 0.6) is 5.75 Å². The van der Waals surface area contributed by atoms with Gasteiger partial charge in [0.05, 0.1) is 0 Å². The van der Waals surface area contributed by atoms with Crippen molar-refractivity contribution in [3.8, 4) is 5.75 Å². The Labute approximate surface area is 202 Å². The van der Waals surface area contributed by atoms with Crippen LogP contribution < -0.4 is 10.6 Å². The average molecular weight is 474 g/mol. The number of phenolic OH excluding ortho intramolecular Hbond substituents is 1. The molecule has 0 aromatic heterocycles. The van der Waals surface area contributed by atoms with Gasteiger partial charge in [-0.1, -0.05) is 31.4 Å². The number of nitrogens with zero attached hydrogens (tertiary/aromatic N) is 1. The topological polar surface area (TPSA) is 108 Å². The van der Waals surface area contributed by atoms with Gasteiger partial charge in [-0.15, -0.1) is 0 Å². The van der Waals surface area contributed by atoms with Gasteiger partial charge in [0.1, 0.15) is 23.4 Å². The lowest BCUT2D eigenvalue weighted by Gasteiger charge is -2.43. The van der Waals surface area contributed by atoms with Gasteiger partial charge in [-0.05, 0) is 77.5 Å². The number of carbonyl (C=O) groups excluding carboxylic acids is 3. The number of aromatic hydroxyl groups is 1. The molecular formula is C26H39N3O5. The molecule has 1 aromatic rings. The van der Waals surface area contributed by atoms with Crippen molar-refractivity contribution in [1.82, 2.24) is 15.5 Å². The van der Waals surface area contributed by atoms with E-state index in [1.54, 1.807) is 44.7 Å². The van der Waals surface area contributed by atoms with Gasteiger partial charge in [0.2, 0.25) is 11.8 Å². The lowest BCUT2D eigenvalue weighted by atomic mass is 9.88. The van der Waals surface area contributed by atoms with Crippen LogP contribution in [0.15, 0.2) is 24.3 Å². The summed E-state index contributed by atoms with van der Waals surface area (Å²) in [5.74, 6) is -0.452. The van der Waals surface area contributed by atoms with E-state index in [1.165, 1.54) is 18.6 Å². The molecule has 2 saturated carbocycles. The third-order valence-corrected chi connectivity index (χ3v) is 6.51. The maximum absolute atomic E-state index is 13.7. The van der Waals surface area contributed by atoms with Crippen LogP contribution in [-0.4, -0.2) is 51.6 Å². The fourth-order valence-electron chi connectivity index (χ4n) is 4.57. The highest BCUT2D eigenvalue weighted by Gasteiger charge is 2.41. The van der Waals surface area contributed by atoms with Crippen molar-refractivity contribution in [2.45, 2.75) is 109 Å². The van der Waals surface area contributed by atoms with E-state index in [-0.39, 0.29) is 29.6 Å². The number of phenols is 1. The van der Waals surface area contributed by atoms with Gasteiger partial charge in [-0.3, -0.25) is 9.59 Å². The zero-order valence-corrected chi connectivity index (χ0v) is 20.8. The van der Waals surface area contributed by atoms with Crippen LogP contribution in [0.25, 0.3) is 0 Å². The van der Waals surface area contributed by atoms with E-state index in [2.05, 4.69) is 10.6 Å². The van der Waals surface area contributed by atoms with Gasteiger partial charge >= 0.3 is 6.09 Å². The first-order chi connectivity index (χ1) is 16.0. The molecule has 0 spiro atoms. The second-order valence-corrected chi connectivity index (χ2v) is 10.5. The van der Waals surface area contributed by atoms with Crippen LogP contribution in [0.2, 0.25) is 0 Å². The Bertz CT molecular complexity index is 854. The molecule has 2 aliphatic rings. The highest BCUT2D eigenvalue weighted by atomic mass is 16.6. The maximum Gasteiger partial charge on any atom is 0.408 e. The smallest absolute Gasteiger partial charge is 0.408 e. The van der Waals surface area contributed by atoms with Crippen molar-refractivity contribution >= 4 is 17.9 Å². The van der Waals surface area contributed by atoms with Gasteiger partial charge in [-0.2, -0.15) is 0 Å². The standard InChI is InChI=1S/C26H39N3O5/c1-17(27-25(33)34-26(2,3)4)24(32)29(20-11-8-12-20)22(18-13-15-21(30)16-14-18)23(31)28-19-9-6-5-7-10-19/h13-17,19-20,22,30H,5-12H2,1-4H3,(H,27,33)(H,28,31). The fraction of sp³-hybridized carbons (Fsp3) is 0.654. The van der Waals surface area contributed by atoms with E-state index in [0.717, 1.165) is 44.9 Å². The van der Waals surface area contributed by atoms with Crippen LogP contribution in [0, 0.1) is 0 Å². The number of ether oxygens (including phenoxy) is 1. The van der Waals surface area contributed by atoms with Crippen LogP contribution in [0.3, 0.4) is 0 Å². The highest BCUT2D eigenvalue weighted by Crippen LogP contribution is 2.34. The van der Waals surface area contributed by atoms with Crippen LogP contribution in [0.4, 0.5) is 4.79 Å². The van der Waals surface area contributed by atoms with E-state index in [4.69, 9.17) is 4.74 Å². The summed E-state index contributed by atoms with van der Waals surface area (Å²) in [5.41, 5.74) is -0.0505. The first-order valence-electron chi connectivity index (χ1n) is 12.5. The molecule has 0 saturated heterocycles. The van der Waals surface area contributed by atoms with Crippen molar-refractivity contribution < 1.29 is 24.2 Å². The van der Waals surface area contributed by atoms with Gasteiger partial charge in [0, 0.05) is 12.1 Å². The Hall–Kier alpha value is -2.77. The summed E-state index contributed by atoms with van der Waals surface area (Å²) in [4.78, 5) is 41.3. The molecule has 0 radical (unpaired) electrons. The average Bonchev–Trinajstić information content (AvgIpc) is 2.72. The molecule has 3 rings (SSSR count). The molecule has 2 aliphatic carbocycles. The summed E-state index contributed by atoms with van der Waals surface area (Å²) in [5, 5.41) is 15.6. The molecule has 0 heterocycles. The molecule has 1 aromatic carbocycles. The molecular weight excluding hydrogens is 434 g/mol. The number of amides is 3. The predicted molar refractivity (Wildman–Crippen MR) is 129 cm³/mol. The minimum atomic E-state index is -0.863. The van der Waals surface area contributed by atoms with E-state index < -0.39 is 23.8 Å². The predicted octanol–water partition coefficient (Wildman–Crippen LogP) is 4.18. The summed E-state index contributed by atoms with van der Waals surface area (Å²) in [6.45, 7) is 6.90. The fourth-order valence-corrected chi connectivity index (χ4v) is 4.57. The second-order valence-electron chi connectivity index (χ2n) is 10.5. The Morgan fingerprint density at radius 3 is 2.15 bits per heavy atom. The molecule has 3 N–H and O–H groups in total. The molecule has 0 bridgehead atoms. The monoisotopic (exact) mass is 473 g/mol.